The average Bonchev–Trinajstić information content (AvgIpc) is 2.79. The minimum absolute atomic E-state index is 0.0143. The molecule has 0 amide bonds. The Labute approximate surface area is 147 Å². The van der Waals surface area contributed by atoms with E-state index < -0.39 is 49.7 Å². The summed E-state index contributed by atoms with van der Waals surface area (Å²) in [6.07, 6.45) is -3.55. The number of hydrogen-bond acceptors (Lipinski definition) is 8. The first-order valence-electron chi connectivity index (χ1n) is 7.58. The molecular formula is C13H21N2O10P. The van der Waals surface area contributed by atoms with Crippen molar-refractivity contribution in [3.63, 3.8) is 0 Å². The van der Waals surface area contributed by atoms with Gasteiger partial charge in [-0.2, -0.15) is 0 Å². The number of ether oxygens (including phenoxy) is 2. The predicted octanol–water partition coefficient (Wildman–Crippen LogP) is -2.24. The van der Waals surface area contributed by atoms with Crippen molar-refractivity contribution in [2.24, 2.45) is 0 Å². The molecule has 148 valence electrons. The Morgan fingerprint density at radius 3 is 2.62 bits per heavy atom. The van der Waals surface area contributed by atoms with E-state index in [9.17, 15) is 24.4 Å². The number of rotatable bonds is 7. The van der Waals surface area contributed by atoms with Gasteiger partial charge >= 0.3 is 13.5 Å². The Hall–Kier alpha value is -1.37. The molecule has 1 aromatic rings. The quantitative estimate of drug-likeness (QED) is 0.316. The van der Waals surface area contributed by atoms with Crippen LogP contribution in [0.2, 0.25) is 0 Å². The van der Waals surface area contributed by atoms with Crippen LogP contribution < -0.4 is 11.2 Å². The van der Waals surface area contributed by atoms with Gasteiger partial charge in [0.2, 0.25) is 0 Å². The second kappa shape index (κ2) is 7.71. The van der Waals surface area contributed by atoms with Crippen molar-refractivity contribution in [3.05, 3.63) is 32.6 Å². The zero-order valence-electron chi connectivity index (χ0n) is 14.1. The standard InChI is InChI=1S/C13H21N2O10P/c1-7-5-15(12(19)14-11(7)18)13(3-4-23-2)10(17)9(16)8(25-13)6-24-26(20,21)22/h5,8-10,16-17H,3-4,6H2,1-2H3,(H,14,18,19)(H2,20,21,22)/t8-,9-,10-,13-/m1/s1. The average molecular weight is 396 g/mol. The number of H-pyrrole nitrogens is 1. The van der Waals surface area contributed by atoms with Crippen molar-refractivity contribution >= 4 is 7.82 Å². The number of aromatic amines is 1. The van der Waals surface area contributed by atoms with Crippen molar-refractivity contribution in [2.75, 3.05) is 20.3 Å². The fourth-order valence-electron chi connectivity index (χ4n) is 2.80. The van der Waals surface area contributed by atoms with Crippen LogP contribution in [0.25, 0.3) is 0 Å². The van der Waals surface area contributed by atoms with E-state index in [1.54, 1.807) is 0 Å². The maximum atomic E-state index is 12.3. The van der Waals surface area contributed by atoms with Crippen molar-refractivity contribution in [1.29, 1.82) is 0 Å². The van der Waals surface area contributed by atoms with Gasteiger partial charge in [-0.15, -0.1) is 0 Å². The topological polar surface area (TPSA) is 181 Å². The predicted molar refractivity (Wildman–Crippen MR) is 85.4 cm³/mol. The highest BCUT2D eigenvalue weighted by Gasteiger charge is 2.56. The number of nitrogens with zero attached hydrogens (tertiary/aromatic N) is 1. The molecule has 0 bridgehead atoms. The molecule has 1 aliphatic heterocycles. The molecule has 26 heavy (non-hydrogen) atoms. The lowest BCUT2D eigenvalue weighted by molar-refractivity contribution is -0.161. The Morgan fingerprint density at radius 1 is 1.38 bits per heavy atom. The van der Waals surface area contributed by atoms with E-state index in [4.69, 9.17) is 19.3 Å². The number of aryl methyl sites for hydroxylation is 1. The summed E-state index contributed by atoms with van der Waals surface area (Å²) in [5, 5.41) is 20.8. The molecule has 2 rings (SSSR count). The van der Waals surface area contributed by atoms with Gasteiger partial charge in [0, 0.05) is 25.3 Å². The lowest BCUT2D eigenvalue weighted by Crippen LogP contribution is -2.52. The summed E-state index contributed by atoms with van der Waals surface area (Å²) in [6.45, 7) is 0.722. The van der Waals surface area contributed by atoms with Crippen LogP contribution in [0.3, 0.4) is 0 Å². The summed E-state index contributed by atoms with van der Waals surface area (Å²) < 4.78 is 26.7. The number of methoxy groups -OCH3 is 1. The van der Waals surface area contributed by atoms with Crippen molar-refractivity contribution < 1.29 is 38.6 Å². The van der Waals surface area contributed by atoms with E-state index in [1.165, 1.54) is 20.2 Å². The smallest absolute Gasteiger partial charge is 0.387 e. The zero-order valence-corrected chi connectivity index (χ0v) is 15.0. The van der Waals surface area contributed by atoms with Gasteiger partial charge in [0.15, 0.2) is 5.72 Å². The van der Waals surface area contributed by atoms with Gasteiger partial charge in [0.25, 0.3) is 5.56 Å². The van der Waals surface area contributed by atoms with E-state index in [2.05, 4.69) is 9.51 Å². The molecule has 1 saturated heterocycles. The summed E-state index contributed by atoms with van der Waals surface area (Å²) in [7, 11) is -3.46. The highest BCUT2D eigenvalue weighted by molar-refractivity contribution is 7.46. The third-order valence-electron chi connectivity index (χ3n) is 4.12. The van der Waals surface area contributed by atoms with E-state index in [0.29, 0.717) is 0 Å². The number of nitrogens with one attached hydrogen (secondary N) is 1. The Kier molecular flexibility index (Phi) is 6.20. The molecule has 0 spiro atoms. The largest absolute Gasteiger partial charge is 0.469 e. The second-order valence-electron chi connectivity index (χ2n) is 5.91. The first kappa shape index (κ1) is 20.9. The third kappa shape index (κ3) is 4.13. The maximum absolute atomic E-state index is 12.3. The third-order valence-corrected chi connectivity index (χ3v) is 4.61. The fraction of sp³-hybridized carbons (Fsp3) is 0.692. The molecule has 12 nitrogen and oxygen atoms in total. The minimum atomic E-state index is -4.84. The lowest BCUT2D eigenvalue weighted by Gasteiger charge is -2.34. The van der Waals surface area contributed by atoms with Crippen LogP contribution in [0.15, 0.2) is 15.8 Å². The van der Waals surface area contributed by atoms with Gasteiger partial charge in [0.1, 0.15) is 18.3 Å². The normalized spacial score (nSPS) is 29.2. The molecule has 0 unspecified atom stereocenters. The molecule has 1 fully saturated rings. The van der Waals surface area contributed by atoms with Gasteiger partial charge in [-0.25, -0.2) is 9.36 Å². The molecule has 13 heteroatoms. The number of aromatic nitrogens is 2. The SMILES string of the molecule is COCC[C@@]1(n2cc(C)c(=O)[nH]c2=O)O[C@H](COP(=O)(O)O)[C@@H](O)[C@H]1O. The van der Waals surface area contributed by atoms with Crippen LogP contribution in [0.4, 0.5) is 0 Å². The molecular weight excluding hydrogens is 375 g/mol. The van der Waals surface area contributed by atoms with Crippen molar-refractivity contribution in [2.45, 2.75) is 37.4 Å². The van der Waals surface area contributed by atoms with E-state index >= 15 is 0 Å². The molecule has 0 aromatic carbocycles. The minimum Gasteiger partial charge on any atom is -0.387 e. The summed E-state index contributed by atoms with van der Waals surface area (Å²) in [6, 6.07) is 0. The van der Waals surface area contributed by atoms with Gasteiger partial charge in [0.05, 0.1) is 13.2 Å². The number of aliphatic hydroxyl groups is 2. The summed E-state index contributed by atoms with van der Waals surface area (Å²) in [5.41, 5.74) is -3.19. The highest BCUT2D eigenvalue weighted by Crippen LogP contribution is 2.41. The van der Waals surface area contributed by atoms with Crippen LogP contribution in [0, 0.1) is 6.92 Å². The Balaban J connectivity index is 2.46. The number of phosphoric ester groups is 1. The molecule has 0 radical (unpaired) electrons. The van der Waals surface area contributed by atoms with Crippen LogP contribution in [0.1, 0.15) is 12.0 Å². The monoisotopic (exact) mass is 396 g/mol. The molecule has 1 aliphatic rings. The van der Waals surface area contributed by atoms with Crippen LogP contribution in [0.5, 0.6) is 0 Å². The van der Waals surface area contributed by atoms with Gasteiger partial charge in [-0.1, -0.05) is 0 Å². The number of phosphoric acid groups is 1. The number of hydrogen-bond donors (Lipinski definition) is 5. The van der Waals surface area contributed by atoms with Gasteiger partial charge in [-0.05, 0) is 6.92 Å². The molecule has 0 aliphatic carbocycles. The van der Waals surface area contributed by atoms with Crippen LogP contribution >= 0.6 is 7.82 Å². The molecule has 0 saturated carbocycles. The summed E-state index contributed by atoms with van der Waals surface area (Å²) >= 11 is 0. The molecule has 5 N–H and O–H groups in total. The maximum Gasteiger partial charge on any atom is 0.469 e. The highest BCUT2D eigenvalue weighted by atomic mass is 31.2. The van der Waals surface area contributed by atoms with Crippen molar-refractivity contribution in [1.82, 2.24) is 9.55 Å². The van der Waals surface area contributed by atoms with Gasteiger partial charge in [-0.3, -0.25) is 18.9 Å². The molecule has 4 atom stereocenters. The van der Waals surface area contributed by atoms with Crippen molar-refractivity contribution in [3.8, 4) is 0 Å². The lowest BCUT2D eigenvalue weighted by atomic mass is 9.99. The molecule has 2 heterocycles. The van der Waals surface area contributed by atoms with Crippen LogP contribution in [-0.4, -0.2) is 68.2 Å². The van der Waals surface area contributed by atoms with E-state index in [0.717, 1.165) is 4.57 Å². The first-order chi connectivity index (χ1) is 12.0. The van der Waals surface area contributed by atoms with Crippen LogP contribution in [-0.2, 0) is 24.3 Å². The van der Waals surface area contributed by atoms with Gasteiger partial charge < -0.3 is 29.5 Å². The number of aliphatic hydroxyl groups excluding tert-OH is 2. The second-order valence-corrected chi connectivity index (χ2v) is 7.15. The van der Waals surface area contributed by atoms with E-state index in [-0.39, 0.29) is 18.6 Å². The van der Waals surface area contributed by atoms with E-state index in [1.807, 2.05) is 0 Å². The zero-order chi connectivity index (χ0) is 19.7. The Bertz CT molecular complexity index is 801. The fourth-order valence-corrected chi connectivity index (χ4v) is 3.14. The first-order valence-corrected chi connectivity index (χ1v) is 9.11. The Morgan fingerprint density at radius 2 is 2.04 bits per heavy atom. The summed E-state index contributed by atoms with van der Waals surface area (Å²) in [5.74, 6) is 0. The summed E-state index contributed by atoms with van der Waals surface area (Å²) in [4.78, 5) is 43.5. The molecule has 1 aromatic heterocycles.